The molecule has 0 aliphatic heterocycles. The molecule has 0 saturated heterocycles. The monoisotopic (exact) mass is 265 g/mol. The summed E-state index contributed by atoms with van der Waals surface area (Å²) in [6.07, 6.45) is 6.72. The van der Waals surface area contributed by atoms with Crippen molar-refractivity contribution in [1.29, 1.82) is 0 Å². The molecule has 1 saturated carbocycles. The van der Waals surface area contributed by atoms with Crippen LogP contribution < -0.4 is 5.32 Å². The van der Waals surface area contributed by atoms with E-state index in [0.29, 0.717) is 12.1 Å². The van der Waals surface area contributed by atoms with Gasteiger partial charge in [0.2, 0.25) is 0 Å². The Hall–Kier alpha value is -0.530. The Morgan fingerprint density at radius 1 is 1.22 bits per heavy atom. The van der Waals surface area contributed by atoms with E-state index in [-0.39, 0.29) is 0 Å². The van der Waals surface area contributed by atoms with Gasteiger partial charge in [0.1, 0.15) is 0 Å². The van der Waals surface area contributed by atoms with Gasteiger partial charge in [-0.05, 0) is 50.2 Å². The van der Waals surface area contributed by atoms with Gasteiger partial charge in [-0.2, -0.15) is 0 Å². The fraction of sp³-hybridized carbons (Fsp3) is 0.625. The topological polar surface area (TPSA) is 12.0 Å². The summed E-state index contributed by atoms with van der Waals surface area (Å²) in [5, 5.41) is 4.61. The van der Waals surface area contributed by atoms with Crippen molar-refractivity contribution in [3.8, 4) is 0 Å². The third kappa shape index (κ3) is 3.49. The van der Waals surface area contributed by atoms with Crippen LogP contribution in [0.15, 0.2) is 24.3 Å². The zero-order chi connectivity index (χ0) is 13.0. The van der Waals surface area contributed by atoms with Crippen molar-refractivity contribution in [3.63, 3.8) is 0 Å². The van der Waals surface area contributed by atoms with Gasteiger partial charge in [0.05, 0.1) is 0 Å². The lowest BCUT2D eigenvalue weighted by atomic mass is 9.84. The maximum Gasteiger partial charge on any atom is 0.0453 e. The van der Waals surface area contributed by atoms with E-state index < -0.39 is 0 Å². The third-order valence-electron chi connectivity index (χ3n) is 4.28. The Balaban J connectivity index is 1.89. The van der Waals surface area contributed by atoms with Gasteiger partial charge in [-0.3, -0.25) is 0 Å². The Morgan fingerprint density at radius 3 is 2.50 bits per heavy atom. The molecule has 1 nitrogen and oxygen atoms in total. The number of hydrogen-bond acceptors (Lipinski definition) is 1. The van der Waals surface area contributed by atoms with Gasteiger partial charge in [-0.25, -0.2) is 0 Å². The van der Waals surface area contributed by atoms with Crippen molar-refractivity contribution in [1.82, 2.24) is 5.32 Å². The van der Waals surface area contributed by atoms with Crippen LogP contribution in [0, 0.1) is 5.92 Å². The van der Waals surface area contributed by atoms with Gasteiger partial charge in [0.25, 0.3) is 0 Å². The first-order valence-corrected chi connectivity index (χ1v) is 7.59. The number of benzene rings is 1. The molecule has 100 valence electrons. The predicted octanol–water partition coefficient (Wildman–Crippen LogP) is 4.96. The molecule has 1 unspecified atom stereocenters. The Bertz CT molecular complexity index is 369. The summed E-state index contributed by atoms with van der Waals surface area (Å²) >= 11 is 6.24. The Labute approximate surface area is 116 Å². The summed E-state index contributed by atoms with van der Waals surface area (Å²) in [6.45, 7) is 4.53. The van der Waals surface area contributed by atoms with E-state index in [1.54, 1.807) is 0 Å². The minimum atomic E-state index is 0.349. The summed E-state index contributed by atoms with van der Waals surface area (Å²) < 4.78 is 0. The van der Waals surface area contributed by atoms with Crippen molar-refractivity contribution in [3.05, 3.63) is 34.9 Å². The predicted molar refractivity (Wildman–Crippen MR) is 79.0 cm³/mol. The maximum atomic E-state index is 6.24. The summed E-state index contributed by atoms with van der Waals surface area (Å²) in [5.74, 6) is 0.957. The second-order valence-electron chi connectivity index (χ2n) is 5.54. The summed E-state index contributed by atoms with van der Waals surface area (Å²) in [5.41, 5.74) is 1.22. The third-order valence-corrected chi connectivity index (χ3v) is 4.63. The molecule has 1 N–H and O–H groups in total. The first-order chi connectivity index (χ1) is 8.70. The van der Waals surface area contributed by atoms with Gasteiger partial charge < -0.3 is 5.32 Å². The van der Waals surface area contributed by atoms with Crippen molar-refractivity contribution >= 4 is 11.6 Å². The van der Waals surface area contributed by atoms with E-state index in [0.717, 1.165) is 10.9 Å². The lowest BCUT2D eigenvalue weighted by Crippen LogP contribution is -2.35. The molecule has 1 aromatic carbocycles. The molecular formula is C16H24ClN. The average molecular weight is 266 g/mol. The average Bonchev–Trinajstić information content (AvgIpc) is 2.40. The minimum Gasteiger partial charge on any atom is -0.307 e. The van der Waals surface area contributed by atoms with Crippen molar-refractivity contribution in [2.24, 2.45) is 5.92 Å². The first-order valence-electron chi connectivity index (χ1n) is 7.21. The Morgan fingerprint density at radius 2 is 1.89 bits per heavy atom. The molecule has 18 heavy (non-hydrogen) atoms. The van der Waals surface area contributed by atoms with Gasteiger partial charge in [0, 0.05) is 17.1 Å². The SMILES string of the molecule is CCC1CCC(NC(C)c2ccccc2Cl)CC1. The summed E-state index contributed by atoms with van der Waals surface area (Å²) in [4.78, 5) is 0. The Kier molecular flexibility index (Phi) is 5.08. The second kappa shape index (κ2) is 6.58. The van der Waals surface area contributed by atoms with Crippen LogP contribution in [0.5, 0.6) is 0 Å². The highest BCUT2D eigenvalue weighted by molar-refractivity contribution is 6.31. The van der Waals surface area contributed by atoms with Crippen molar-refractivity contribution < 1.29 is 0 Å². The zero-order valence-corrected chi connectivity index (χ0v) is 12.2. The van der Waals surface area contributed by atoms with Crippen LogP contribution in [-0.4, -0.2) is 6.04 Å². The van der Waals surface area contributed by atoms with E-state index >= 15 is 0 Å². The molecule has 0 heterocycles. The van der Waals surface area contributed by atoms with E-state index in [1.807, 2.05) is 12.1 Å². The number of rotatable bonds is 4. The molecule has 0 bridgehead atoms. The fourth-order valence-electron chi connectivity index (χ4n) is 3.01. The van der Waals surface area contributed by atoms with E-state index in [2.05, 4.69) is 31.3 Å². The van der Waals surface area contributed by atoms with E-state index in [1.165, 1.54) is 37.7 Å². The van der Waals surface area contributed by atoms with Crippen LogP contribution in [0.4, 0.5) is 0 Å². The number of hydrogen-bond donors (Lipinski definition) is 1. The summed E-state index contributed by atoms with van der Waals surface area (Å²) in [6, 6.07) is 9.17. The molecular weight excluding hydrogens is 242 g/mol. The van der Waals surface area contributed by atoms with Gasteiger partial charge in [-0.1, -0.05) is 43.1 Å². The molecule has 0 radical (unpaired) electrons. The minimum absolute atomic E-state index is 0.349. The lowest BCUT2D eigenvalue weighted by molar-refractivity contribution is 0.273. The zero-order valence-electron chi connectivity index (χ0n) is 11.5. The molecule has 0 spiro atoms. The van der Waals surface area contributed by atoms with Crippen LogP contribution in [0.1, 0.15) is 57.6 Å². The van der Waals surface area contributed by atoms with Gasteiger partial charge >= 0.3 is 0 Å². The smallest absolute Gasteiger partial charge is 0.0453 e. The maximum absolute atomic E-state index is 6.24. The summed E-state index contributed by atoms with van der Waals surface area (Å²) in [7, 11) is 0. The van der Waals surface area contributed by atoms with Gasteiger partial charge in [0.15, 0.2) is 0 Å². The van der Waals surface area contributed by atoms with Crippen LogP contribution in [0.3, 0.4) is 0 Å². The number of halogens is 1. The highest BCUT2D eigenvalue weighted by Gasteiger charge is 2.21. The molecule has 2 heteroatoms. The quantitative estimate of drug-likeness (QED) is 0.811. The largest absolute Gasteiger partial charge is 0.307 e. The van der Waals surface area contributed by atoms with Gasteiger partial charge in [-0.15, -0.1) is 0 Å². The second-order valence-corrected chi connectivity index (χ2v) is 5.94. The molecule has 1 aliphatic rings. The van der Waals surface area contributed by atoms with E-state index in [9.17, 15) is 0 Å². The molecule has 0 amide bonds. The molecule has 0 aromatic heterocycles. The standard InChI is InChI=1S/C16H24ClN/c1-3-13-8-10-14(11-9-13)18-12(2)15-6-4-5-7-16(15)17/h4-7,12-14,18H,3,8-11H2,1-2H3. The molecule has 1 fully saturated rings. The highest BCUT2D eigenvalue weighted by atomic mass is 35.5. The van der Waals surface area contributed by atoms with Crippen LogP contribution >= 0.6 is 11.6 Å². The molecule has 1 aliphatic carbocycles. The fourth-order valence-corrected chi connectivity index (χ4v) is 3.31. The van der Waals surface area contributed by atoms with E-state index in [4.69, 9.17) is 11.6 Å². The first kappa shape index (κ1) is 13.9. The molecule has 1 aromatic rings. The highest BCUT2D eigenvalue weighted by Crippen LogP contribution is 2.29. The van der Waals surface area contributed by atoms with Crippen LogP contribution in [0.2, 0.25) is 5.02 Å². The normalized spacial score (nSPS) is 25.9. The van der Waals surface area contributed by atoms with Crippen molar-refractivity contribution in [2.45, 2.75) is 58.0 Å². The van der Waals surface area contributed by atoms with Crippen LogP contribution in [0.25, 0.3) is 0 Å². The number of nitrogens with one attached hydrogen (secondary N) is 1. The lowest BCUT2D eigenvalue weighted by Gasteiger charge is -2.31. The van der Waals surface area contributed by atoms with Crippen LogP contribution in [-0.2, 0) is 0 Å². The van der Waals surface area contributed by atoms with Crippen molar-refractivity contribution in [2.75, 3.05) is 0 Å². The molecule has 2 rings (SSSR count). The molecule has 1 atom stereocenters.